The molecule has 1 heterocycles. The van der Waals surface area contributed by atoms with Crippen LogP contribution in [0.5, 0.6) is 0 Å². The standard InChI is InChI=1S/C12H16BrN3O/c13-10-3-1-2-4-11(10)16-8-9(5-6-14)7-15-12(16)17/h1-4,9H,5-8,14H2,(H,15,17). The Morgan fingerprint density at radius 1 is 1.47 bits per heavy atom. The number of anilines is 1. The number of para-hydroxylation sites is 1. The molecule has 1 aliphatic rings. The first kappa shape index (κ1) is 12.4. The van der Waals surface area contributed by atoms with E-state index in [-0.39, 0.29) is 6.03 Å². The maximum Gasteiger partial charge on any atom is 0.321 e. The van der Waals surface area contributed by atoms with E-state index in [0.717, 1.165) is 29.7 Å². The molecule has 0 saturated carbocycles. The van der Waals surface area contributed by atoms with Crippen LogP contribution >= 0.6 is 15.9 Å². The third-order valence-electron chi connectivity index (χ3n) is 2.95. The zero-order chi connectivity index (χ0) is 12.3. The number of halogens is 1. The third kappa shape index (κ3) is 2.79. The first-order chi connectivity index (χ1) is 8.22. The molecule has 1 aliphatic heterocycles. The molecule has 92 valence electrons. The minimum atomic E-state index is -0.0369. The predicted molar refractivity (Wildman–Crippen MR) is 72.0 cm³/mol. The number of benzene rings is 1. The van der Waals surface area contributed by atoms with Gasteiger partial charge >= 0.3 is 6.03 Å². The van der Waals surface area contributed by atoms with Crippen LogP contribution in [-0.2, 0) is 0 Å². The van der Waals surface area contributed by atoms with Crippen LogP contribution < -0.4 is 16.0 Å². The third-order valence-corrected chi connectivity index (χ3v) is 3.62. The fraction of sp³-hybridized carbons (Fsp3) is 0.417. The smallest absolute Gasteiger partial charge is 0.321 e. The van der Waals surface area contributed by atoms with Gasteiger partial charge in [-0.25, -0.2) is 4.79 Å². The Morgan fingerprint density at radius 2 is 2.24 bits per heavy atom. The van der Waals surface area contributed by atoms with Crippen molar-refractivity contribution in [1.82, 2.24) is 5.32 Å². The van der Waals surface area contributed by atoms with Crippen molar-refractivity contribution >= 4 is 27.6 Å². The zero-order valence-electron chi connectivity index (χ0n) is 9.53. The van der Waals surface area contributed by atoms with Crippen molar-refractivity contribution < 1.29 is 4.79 Å². The van der Waals surface area contributed by atoms with Gasteiger partial charge in [-0.15, -0.1) is 0 Å². The minimum absolute atomic E-state index is 0.0369. The molecule has 3 N–H and O–H groups in total. The summed E-state index contributed by atoms with van der Waals surface area (Å²) in [7, 11) is 0. The summed E-state index contributed by atoms with van der Waals surface area (Å²) in [5.41, 5.74) is 6.48. The molecule has 5 heteroatoms. The molecular weight excluding hydrogens is 282 g/mol. The maximum absolute atomic E-state index is 11.9. The average molecular weight is 298 g/mol. The zero-order valence-corrected chi connectivity index (χ0v) is 11.1. The second-order valence-corrected chi connectivity index (χ2v) is 5.05. The van der Waals surface area contributed by atoms with Crippen molar-refractivity contribution in [2.45, 2.75) is 6.42 Å². The summed E-state index contributed by atoms with van der Waals surface area (Å²) in [5, 5.41) is 2.90. The van der Waals surface area contributed by atoms with Gasteiger partial charge in [0.1, 0.15) is 0 Å². The molecule has 2 amide bonds. The molecule has 0 aromatic heterocycles. The largest absolute Gasteiger partial charge is 0.337 e. The Balaban J connectivity index is 2.18. The van der Waals surface area contributed by atoms with Crippen LogP contribution in [0.2, 0.25) is 0 Å². The molecule has 1 aromatic carbocycles. The number of urea groups is 1. The predicted octanol–water partition coefficient (Wildman–Crippen LogP) is 1.94. The lowest BCUT2D eigenvalue weighted by Crippen LogP contribution is -2.51. The number of nitrogens with zero attached hydrogens (tertiary/aromatic N) is 1. The fourth-order valence-electron chi connectivity index (χ4n) is 2.04. The SMILES string of the molecule is NCCC1CNC(=O)N(c2ccccc2Br)C1. The molecule has 4 nitrogen and oxygen atoms in total. The maximum atomic E-state index is 11.9. The van der Waals surface area contributed by atoms with Gasteiger partial charge in [0.25, 0.3) is 0 Å². The number of amides is 2. The molecule has 2 rings (SSSR count). The molecule has 0 spiro atoms. The molecule has 1 atom stereocenters. The van der Waals surface area contributed by atoms with E-state index in [0.29, 0.717) is 12.5 Å². The van der Waals surface area contributed by atoms with E-state index in [1.807, 2.05) is 24.3 Å². The lowest BCUT2D eigenvalue weighted by molar-refractivity contribution is 0.236. The summed E-state index contributed by atoms with van der Waals surface area (Å²) in [6, 6.07) is 7.71. The highest BCUT2D eigenvalue weighted by atomic mass is 79.9. The molecule has 1 saturated heterocycles. The van der Waals surface area contributed by atoms with Crippen LogP contribution in [0.4, 0.5) is 10.5 Å². The molecule has 0 bridgehead atoms. The van der Waals surface area contributed by atoms with Crippen molar-refractivity contribution in [2.24, 2.45) is 11.7 Å². The van der Waals surface area contributed by atoms with E-state index in [4.69, 9.17) is 5.73 Å². The Labute approximate surface area is 109 Å². The molecule has 0 aliphatic carbocycles. The van der Waals surface area contributed by atoms with Gasteiger partial charge in [-0.1, -0.05) is 12.1 Å². The summed E-state index contributed by atoms with van der Waals surface area (Å²) in [6.45, 7) is 2.10. The van der Waals surface area contributed by atoms with Gasteiger partial charge in [0.2, 0.25) is 0 Å². The topological polar surface area (TPSA) is 58.4 Å². The highest BCUT2D eigenvalue weighted by Gasteiger charge is 2.26. The van der Waals surface area contributed by atoms with Gasteiger partial charge in [-0.2, -0.15) is 0 Å². The Morgan fingerprint density at radius 3 is 2.94 bits per heavy atom. The summed E-state index contributed by atoms with van der Waals surface area (Å²) in [4.78, 5) is 13.6. The normalized spacial score (nSPS) is 20.2. The van der Waals surface area contributed by atoms with E-state index < -0.39 is 0 Å². The average Bonchev–Trinajstić information content (AvgIpc) is 2.33. The fourth-order valence-corrected chi connectivity index (χ4v) is 2.54. The first-order valence-electron chi connectivity index (χ1n) is 5.72. The lowest BCUT2D eigenvalue weighted by Gasteiger charge is -2.33. The number of rotatable bonds is 3. The van der Waals surface area contributed by atoms with Crippen molar-refractivity contribution in [1.29, 1.82) is 0 Å². The molecular formula is C12H16BrN3O. The van der Waals surface area contributed by atoms with Crippen LogP contribution in [0.15, 0.2) is 28.7 Å². The van der Waals surface area contributed by atoms with E-state index >= 15 is 0 Å². The molecule has 1 fully saturated rings. The van der Waals surface area contributed by atoms with E-state index in [2.05, 4.69) is 21.2 Å². The van der Waals surface area contributed by atoms with Crippen molar-refractivity contribution in [3.63, 3.8) is 0 Å². The Hall–Kier alpha value is -1.07. The number of carbonyl (C=O) groups excluding carboxylic acids is 1. The number of nitrogens with one attached hydrogen (secondary N) is 1. The molecule has 1 unspecified atom stereocenters. The Kier molecular flexibility index (Phi) is 4.02. The first-order valence-corrected chi connectivity index (χ1v) is 6.51. The van der Waals surface area contributed by atoms with Gasteiger partial charge in [0.15, 0.2) is 0 Å². The quantitative estimate of drug-likeness (QED) is 0.896. The molecule has 1 aromatic rings. The highest BCUT2D eigenvalue weighted by molar-refractivity contribution is 9.10. The van der Waals surface area contributed by atoms with Gasteiger partial charge in [0.05, 0.1) is 5.69 Å². The monoisotopic (exact) mass is 297 g/mol. The van der Waals surface area contributed by atoms with Gasteiger partial charge in [0, 0.05) is 17.6 Å². The van der Waals surface area contributed by atoms with Gasteiger partial charge in [-0.05, 0) is 46.9 Å². The van der Waals surface area contributed by atoms with E-state index in [1.54, 1.807) is 4.90 Å². The summed E-state index contributed by atoms with van der Waals surface area (Å²) < 4.78 is 0.934. The summed E-state index contributed by atoms with van der Waals surface area (Å²) in [6.07, 6.45) is 0.932. The number of nitrogens with two attached hydrogens (primary N) is 1. The molecule has 0 radical (unpaired) electrons. The van der Waals surface area contributed by atoms with Crippen LogP contribution in [0, 0.1) is 5.92 Å². The van der Waals surface area contributed by atoms with Crippen LogP contribution in [0.3, 0.4) is 0 Å². The highest BCUT2D eigenvalue weighted by Crippen LogP contribution is 2.28. The van der Waals surface area contributed by atoms with Gasteiger partial charge < -0.3 is 11.1 Å². The lowest BCUT2D eigenvalue weighted by atomic mass is 10.0. The van der Waals surface area contributed by atoms with Crippen molar-refractivity contribution in [2.75, 3.05) is 24.5 Å². The van der Waals surface area contributed by atoms with E-state index in [9.17, 15) is 4.79 Å². The summed E-state index contributed by atoms with van der Waals surface area (Å²) in [5.74, 6) is 0.421. The Bertz CT molecular complexity index is 410. The number of hydrogen-bond acceptors (Lipinski definition) is 2. The number of carbonyl (C=O) groups is 1. The van der Waals surface area contributed by atoms with Crippen molar-refractivity contribution in [3.8, 4) is 0 Å². The van der Waals surface area contributed by atoms with Crippen molar-refractivity contribution in [3.05, 3.63) is 28.7 Å². The second kappa shape index (κ2) is 5.51. The summed E-state index contributed by atoms with van der Waals surface area (Å²) >= 11 is 3.47. The van der Waals surface area contributed by atoms with E-state index in [1.165, 1.54) is 0 Å². The minimum Gasteiger partial charge on any atom is -0.337 e. The van der Waals surface area contributed by atoms with Crippen LogP contribution in [0.25, 0.3) is 0 Å². The van der Waals surface area contributed by atoms with Gasteiger partial charge in [-0.3, -0.25) is 4.90 Å². The number of hydrogen-bond donors (Lipinski definition) is 2. The van der Waals surface area contributed by atoms with Crippen LogP contribution in [-0.4, -0.2) is 25.7 Å². The van der Waals surface area contributed by atoms with Crippen LogP contribution in [0.1, 0.15) is 6.42 Å². The second-order valence-electron chi connectivity index (χ2n) is 4.19. The molecule has 17 heavy (non-hydrogen) atoms.